The maximum Gasteiger partial charge on any atom is 0.362 e. The van der Waals surface area contributed by atoms with Crippen molar-refractivity contribution in [1.29, 1.82) is 0 Å². The Hall–Kier alpha value is -5.29. The number of nitrogen functional groups attached to an aromatic ring is 1. The van der Waals surface area contributed by atoms with E-state index in [0.29, 0.717) is 12.1 Å². The number of thiazole rings is 1. The van der Waals surface area contributed by atoms with Crippen molar-refractivity contribution in [3.8, 4) is 5.75 Å². The molecule has 0 bridgehead atoms. The van der Waals surface area contributed by atoms with Crippen LogP contribution in [0.5, 0.6) is 5.75 Å². The number of nitrogens with zero attached hydrogens (tertiary/aromatic N) is 4. The number of esters is 1. The van der Waals surface area contributed by atoms with Crippen molar-refractivity contribution in [2.45, 2.75) is 31.5 Å². The van der Waals surface area contributed by atoms with Gasteiger partial charge in [-0.15, -0.1) is 16.1 Å². The summed E-state index contributed by atoms with van der Waals surface area (Å²) in [5, 5.41) is 37.1. The number of hydrogen-bond acceptors (Lipinski definition) is 16. The smallest absolute Gasteiger partial charge is 0.362 e. The van der Waals surface area contributed by atoms with Crippen LogP contribution in [0.1, 0.15) is 30.0 Å². The van der Waals surface area contributed by atoms with Crippen LogP contribution < -0.4 is 21.9 Å². The van der Waals surface area contributed by atoms with Gasteiger partial charge in [-0.3, -0.25) is 28.5 Å². The zero-order chi connectivity index (χ0) is 33.1. The summed E-state index contributed by atoms with van der Waals surface area (Å²) in [7, 11) is -5.22. The van der Waals surface area contributed by atoms with Crippen molar-refractivity contribution < 1.29 is 61.9 Å². The molecule has 21 nitrogen and oxygen atoms in total. The van der Waals surface area contributed by atoms with Gasteiger partial charge in [0.2, 0.25) is 5.60 Å². The number of carbonyl (C=O) groups is 5. The number of nitrogens with one attached hydrogen (secondary N) is 2. The van der Waals surface area contributed by atoms with Crippen LogP contribution in [0.3, 0.4) is 0 Å². The maximum absolute atomic E-state index is 13.1. The highest BCUT2D eigenvalue weighted by molar-refractivity contribution is 7.84. The second-order valence-electron chi connectivity index (χ2n) is 9.16. The Bertz CT molecular complexity index is 1710. The van der Waals surface area contributed by atoms with Gasteiger partial charge in [0.1, 0.15) is 36.7 Å². The van der Waals surface area contributed by atoms with Crippen molar-refractivity contribution in [1.82, 2.24) is 24.7 Å². The van der Waals surface area contributed by atoms with E-state index in [-0.39, 0.29) is 19.9 Å². The van der Waals surface area contributed by atoms with Crippen LogP contribution in [-0.2, 0) is 39.1 Å². The molecule has 3 amide bonds. The first-order valence-electron chi connectivity index (χ1n) is 11.7. The molecule has 0 unspecified atom stereocenters. The molecule has 1 fully saturated rings. The molecule has 0 aromatic carbocycles. The topological polar surface area (TPSA) is 319 Å². The number of ether oxygens (including phenoxy) is 1. The summed E-state index contributed by atoms with van der Waals surface area (Å²) < 4.78 is 37.6. The lowest BCUT2D eigenvalue weighted by atomic mass is 9.99. The first kappa shape index (κ1) is 33.2. The van der Waals surface area contributed by atoms with E-state index in [4.69, 9.17) is 15.3 Å². The Labute approximate surface area is 249 Å². The molecule has 238 valence electrons. The van der Waals surface area contributed by atoms with Gasteiger partial charge in [0.05, 0.1) is 0 Å². The van der Waals surface area contributed by atoms with E-state index in [1.807, 2.05) is 5.32 Å². The molecule has 3 rings (SSSR count). The Morgan fingerprint density at radius 2 is 1.89 bits per heavy atom. The molecule has 0 saturated carbocycles. The van der Waals surface area contributed by atoms with Gasteiger partial charge >= 0.3 is 22.2 Å². The summed E-state index contributed by atoms with van der Waals surface area (Å²) in [5.41, 5.74) is 0.871. The summed E-state index contributed by atoms with van der Waals surface area (Å²) in [6.45, 7) is 0.344. The molecular formula is C21H23N7O14S2. The van der Waals surface area contributed by atoms with Crippen molar-refractivity contribution in [3.05, 3.63) is 39.3 Å². The minimum Gasteiger partial charge on any atom is -0.508 e. The fourth-order valence-corrected chi connectivity index (χ4v) is 4.73. The molecule has 1 aliphatic heterocycles. The molecule has 2 aromatic rings. The molecule has 1 aliphatic rings. The van der Waals surface area contributed by atoms with Crippen LogP contribution in [0.2, 0.25) is 0 Å². The number of anilines is 1. The fraction of sp³-hybridized carbons (Fsp3) is 0.333. The van der Waals surface area contributed by atoms with E-state index >= 15 is 0 Å². The normalized spacial score (nSPS) is 16.9. The maximum atomic E-state index is 13.1. The molecule has 0 radical (unpaired) electrons. The molecule has 1 saturated heterocycles. The number of aromatic nitrogens is 2. The fourth-order valence-electron chi connectivity index (χ4n) is 3.32. The van der Waals surface area contributed by atoms with Gasteiger partial charge in [0, 0.05) is 17.5 Å². The van der Waals surface area contributed by atoms with Crippen LogP contribution >= 0.6 is 11.3 Å². The zero-order valence-corrected chi connectivity index (χ0v) is 24.0. The lowest BCUT2D eigenvalue weighted by molar-refractivity contribution is -0.161. The minimum atomic E-state index is -5.22. The van der Waals surface area contributed by atoms with Crippen LogP contribution in [-0.4, -0.2) is 109 Å². The molecule has 3 heterocycles. The largest absolute Gasteiger partial charge is 0.508 e. The summed E-state index contributed by atoms with van der Waals surface area (Å²) >= 11 is 0.868. The van der Waals surface area contributed by atoms with Crippen LogP contribution in [0.25, 0.3) is 0 Å². The minimum absolute atomic E-state index is 0.0292. The van der Waals surface area contributed by atoms with E-state index in [1.54, 1.807) is 0 Å². The van der Waals surface area contributed by atoms with Crippen LogP contribution in [0.15, 0.2) is 27.5 Å². The van der Waals surface area contributed by atoms with E-state index in [9.17, 15) is 57.2 Å². The second kappa shape index (κ2) is 12.5. The Balaban J connectivity index is 1.74. The third-order valence-corrected chi connectivity index (χ3v) is 7.22. The molecule has 44 heavy (non-hydrogen) atoms. The number of aliphatic carboxylic acids is 1. The lowest BCUT2D eigenvalue weighted by Gasteiger charge is -2.43. The number of carboxylic acids is 1. The molecule has 23 heteroatoms. The number of aromatic hydroxyl groups is 1. The number of amides is 3. The summed E-state index contributed by atoms with van der Waals surface area (Å²) in [6.07, 6.45) is 0. The predicted molar refractivity (Wildman–Crippen MR) is 143 cm³/mol. The van der Waals surface area contributed by atoms with Gasteiger partial charge in [0.25, 0.3) is 23.3 Å². The molecule has 0 aliphatic carbocycles. The van der Waals surface area contributed by atoms with Crippen molar-refractivity contribution >= 4 is 62.1 Å². The van der Waals surface area contributed by atoms with Gasteiger partial charge in [-0.05, 0) is 13.8 Å². The number of rotatable bonds is 12. The van der Waals surface area contributed by atoms with Crippen LogP contribution in [0.4, 0.5) is 5.13 Å². The molecule has 8 N–H and O–H groups in total. The third-order valence-electron chi connectivity index (χ3n) is 5.60. The van der Waals surface area contributed by atoms with Crippen molar-refractivity contribution in [2.24, 2.45) is 5.16 Å². The first-order chi connectivity index (χ1) is 20.3. The van der Waals surface area contributed by atoms with E-state index in [2.05, 4.69) is 15.5 Å². The second-order valence-corrected chi connectivity index (χ2v) is 11.3. The quantitative estimate of drug-likeness (QED) is 0.0295. The summed E-state index contributed by atoms with van der Waals surface area (Å²) in [6, 6.07) is -2.15. The standard InChI is InChI=1S/C21H23N7O14S2/c1-21(2,19(35)36)42-26-14(9-7-43-20(22)24-9)17(33)25-15-11(28(18(15)34)44(38,39)40)6-41-13(31)5-23-16(32)10-3-8(29)4-12(30)27(10)37/h3-4,7,11,15,29,37H,5-6H2,1-2H3,(H2,22,24)(H,23,32)(H,25,33)(H,35,36)(H,38,39,40)/b26-14-/t11-,15+/m1/s1. The number of β-lactam (4-membered cyclic amide) rings is 1. The van der Waals surface area contributed by atoms with Crippen molar-refractivity contribution in [3.63, 3.8) is 0 Å². The molecular weight excluding hydrogens is 638 g/mol. The number of pyridine rings is 1. The third kappa shape index (κ3) is 7.37. The van der Waals surface area contributed by atoms with Gasteiger partial charge in [0.15, 0.2) is 16.5 Å². The Morgan fingerprint density at radius 1 is 1.23 bits per heavy atom. The number of carbonyl (C=O) groups excluding carboxylic acids is 4. The monoisotopic (exact) mass is 661 g/mol. The van der Waals surface area contributed by atoms with E-state index in [1.165, 1.54) is 5.38 Å². The van der Waals surface area contributed by atoms with E-state index in [0.717, 1.165) is 25.2 Å². The molecule has 2 aromatic heterocycles. The van der Waals surface area contributed by atoms with Crippen LogP contribution in [0, 0.1) is 0 Å². The highest BCUT2D eigenvalue weighted by Gasteiger charge is 2.55. The number of carboxylic acid groups (broad SMARTS) is 1. The highest BCUT2D eigenvalue weighted by Crippen LogP contribution is 2.25. The predicted octanol–water partition coefficient (Wildman–Crippen LogP) is -3.11. The van der Waals surface area contributed by atoms with Crippen molar-refractivity contribution in [2.75, 3.05) is 18.9 Å². The SMILES string of the molecule is CC(C)(O/N=C(\C(=O)N[C@@H]1C(=O)N(S(=O)(=O)O)[C@@H]1COC(=O)CNC(=O)c1cc(O)cc(=O)n1O)c1csc(N)n1)C(=O)O. The highest BCUT2D eigenvalue weighted by atomic mass is 32.2. The van der Waals surface area contributed by atoms with Gasteiger partial charge in [-0.2, -0.15) is 8.42 Å². The zero-order valence-electron chi connectivity index (χ0n) is 22.4. The van der Waals surface area contributed by atoms with Gasteiger partial charge in [-0.1, -0.05) is 5.16 Å². The number of oxime groups is 1. The number of nitrogens with two attached hydrogens (primary N) is 1. The summed E-state index contributed by atoms with van der Waals surface area (Å²) in [5.74, 6) is -7.15. The van der Waals surface area contributed by atoms with E-state index < -0.39 is 93.5 Å². The number of hydrogen-bond donors (Lipinski definition) is 7. The van der Waals surface area contributed by atoms with Gasteiger partial charge in [-0.25, -0.2) is 14.1 Å². The Kier molecular flexibility index (Phi) is 9.45. The average molecular weight is 662 g/mol. The summed E-state index contributed by atoms with van der Waals surface area (Å²) in [4.78, 5) is 81.7. The first-order valence-corrected chi connectivity index (χ1v) is 14.0. The van der Waals surface area contributed by atoms with Gasteiger partial charge < -0.3 is 41.4 Å². The molecule has 2 atom stereocenters. The lowest BCUT2D eigenvalue weighted by Crippen LogP contribution is -2.73. The Morgan fingerprint density at radius 3 is 2.45 bits per heavy atom. The molecule has 0 spiro atoms. The average Bonchev–Trinajstić information content (AvgIpc) is 3.34.